The number of nitrogens with one attached hydrogen (secondary N) is 1. The van der Waals surface area contributed by atoms with Crippen molar-refractivity contribution in [1.29, 1.82) is 0 Å². The van der Waals surface area contributed by atoms with Crippen molar-refractivity contribution in [2.24, 2.45) is 5.41 Å². The minimum atomic E-state index is -1.58. The Kier molecular flexibility index (Phi) is 5.74. The lowest BCUT2D eigenvalue weighted by atomic mass is 10.1. The summed E-state index contributed by atoms with van der Waals surface area (Å²) >= 11 is 0. The fourth-order valence-corrected chi connectivity index (χ4v) is 4.06. The second kappa shape index (κ2) is 8.06. The van der Waals surface area contributed by atoms with E-state index in [9.17, 15) is 19.2 Å². The van der Waals surface area contributed by atoms with Crippen molar-refractivity contribution in [3.05, 3.63) is 54.6 Å². The number of phenolic OH excluding ortho intramolecular Hbond substituents is 2. The molecule has 1 unspecified atom stereocenters. The van der Waals surface area contributed by atoms with E-state index in [2.05, 4.69) is 11.9 Å². The van der Waals surface area contributed by atoms with E-state index in [-0.39, 0.29) is 29.4 Å². The van der Waals surface area contributed by atoms with E-state index in [4.69, 9.17) is 0 Å². The lowest BCUT2D eigenvalue weighted by Crippen LogP contribution is -2.38. The predicted molar refractivity (Wildman–Crippen MR) is 110 cm³/mol. The predicted octanol–water partition coefficient (Wildman–Crippen LogP) is 3.19. The number of hydrogen-bond acceptors (Lipinski definition) is 4. The first kappa shape index (κ1) is 19.9. The van der Waals surface area contributed by atoms with Gasteiger partial charge in [-0.3, -0.25) is 9.10 Å². The summed E-state index contributed by atoms with van der Waals surface area (Å²) < 4.78 is 14.8. The summed E-state index contributed by atoms with van der Waals surface area (Å²) in [7, 11) is -1.58. The highest BCUT2D eigenvalue weighted by atomic mass is 32.2. The van der Waals surface area contributed by atoms with Crippen molar-refractivity contribution in [3.63, 3.8) is 0 Å². The van der Waals surface area contributed by atoms with Crippen LogP contribution in [0.1, 0.15) is 25.3 Å². The first-order valence-electron chi connectivity index (χ1n) is 9.07. The van der Waals surface area contributed by atoms with Crippen molar-refractivity contribution in [2.75, 3.05) is 17.4 Å². The number of aromatic hydroxyl groups is 2. The van der Waals surface area contributed by atoms with Crippen LogP contribution in [-0.4, -0.2) is 33.4 Å². The number of carbonyl (C=O) groups excluding carboxylic acids is 1. The molecule has 28 heavy (non-hydrogen) atoms. The van der Waals surface area contributed by atoms with Crippen LogP contribution in [-0.2, 0) is 15.8 Å². The summed E-state index contributed by atoms with van der Waals surface area (Å²) in [4.78, 5) is 12.8. The molecule has 2 aromatic rings. The second-order valence-electron chi connectivity index (χ2n) is 7.08. The molecule has 3 rings (SSSR count). The Labute approximate surface area is 167 Å². The van der Waals surface area contributed by atoms with Gasteiger partial charge in [0, 0.05) is 30.1 Å². The maximum absolute atomic E-state index is 13.2. The molecule has 148 valence electrons. The lowest BCUT2D eigenvalue weighted by molar-refractivity contribution is -0.125. The molecule has 0 radical (unpaired) electrons. The molecule has 0 aliphatic heterocycles. The Morgan fingerprint density at radius 3 is 2.50 bits per heavy atom. The van der Waals surface area contributed by atoms with Crippen molar-refractivity contribution in [3.8, 4) is 11.5 Å². The molecule has 3 N–H and O–H groups in total. The van der Waals surface area contributed by atoms with Crippen molar-refractivity contribution < 1.29 is 19.2 Å². The van der Waals surface area contributed by atoms with Crippen LogP contribution in [0.25, 0.3) is 6.08 Å². The van der Waals surface area contributed by atoms with Crippen LogP contribution in [0.3, 0.4) is 0 Å². The Bertz CT molecular complexity index is 910. The highest BCUT2D eigenvalue weighted by molar-refractivity contribution is 7.86. The highest BCUT2D eigenvalue weighted by Gasteiger charge is 2.44. The van der Waals surface area contributed by atoms with Gasteiger partial charge in [-0.2, -0.15) is 0 Å². The van der Waals surface area contributed by atoms with Crippen LogP contribution in [0.2, 0.25) is 0 Å². The molecular weight excluding hydrogens is 376 g/mol. The number of phenols is 2. The average Bonchev–Trinajstić information content (AvgIpc) is 3.46. The summed E-state index contributed by atoms with van der Waals surface area (Å²) in [5, 5.41) is 22.7. The topological polar surface area (TPSA) is 89.9 Å². The molecule has 0 spiro atoms. The second-order valence-corrected chi connectivity index (χ2v) is 8.50. The number of rotatable bonds is 8. The van der Waals surface area contributed by atoms with Crippen LogP contribution in [0.15, 0.2) is 53.9 Å². The molecule has 0 aromatic heterocycles. The fraction of sp³-hybridized carbons (Fsp3) is 0.286. The van der Waals surface area contributed by atoms with Gasteiger partial charge in [-0.25, -0.2) is 4.21 Å². The van der Waals surface area contributed by atoms with E-state index in [0.29, 0.717) is 22.7 Å². The Morgan fingerprint density at radius 2 is 1.89 bits per heavy atom. The molecule has 7 heteroatoms. The zero-order valence-corrected chi connectivity index (χ0v) is 16.5. The van der Waals surface area contributed by atoms with E-state index in [1.54, 1.807) is 28.6 Å². The molecule has 6 nitrogen and oxygen atoms in total. The molecule has 1 aliphatic carbocycles. The summed E-state index contributed by atoms with van der Waals surface area (Å²) in [5.74, 6) is -0.598. The summed E-state index contributed by atoms with van der Waals surface area (Å²) in [6.07, 6.45) is 3.28. The third-order valence-corrected chi connectivity index (χ3v) is 6.36. The summed E-state index contributed by atoms with van der Waals surface area (Å²) in [5.41, 5.74) is 0.700. The van der Waals surface area contributed by atoms with Gasteiger partial charge in [-0.05, 0) is 31.0 Å². The van der Waals surface area contributed by atoms with Crippen LogP contribution in [0, 0.1) is 5.41 Å². The SMILES string of the molecule is C=Cc1cc(O)c(O)cc1N(CCNC(=O)C1(C)CC1)S(=O)c1ccccc1. The van der Waals surface area contributed by atoms with Crippen molar-refractivity contribution >= 4 is 28.7 Å². The first-order valence-corrected chi connectivity index (χ1v) is 10.2. The van der Waals surface area contributed by atoms with Gasteiger partial charge in [0.25, 0.3) is 0 Å². The van der Waals surface area contributed by atoms with Crippen molar-refractivity contribution in [2.45, 2.75) is 24.7 Å². The summed E-state index contributed by atoms with van der Waals surface area (Å²) in [6.45, 7) is 6.22. The smallest absolute Gasteiger partial charge is 0.225 e. The molecule has 0 saturated heterocycles. The van der Waals surface area contributed by atoms with Gasteiger partial charge in [-0.15, -0.1) is 0 Å². The van der Waals surface area contributed by atoms with Gasteiger partial charge < -0.3 is 15.5 Å². The van der Waals surface area contributed by atoms with E-state index >= 15 is 0 Å². The number of anilines is 1. The largest absolute Gasteiger partial charge is 0.504 e. The molecular formula is C21H24N2O4S. The number of amides is 1. The molecule has 1 amide bonds. The molecule has 0 bridgehead atoms. The minimum absolute atomic E-state index is 0.00422. The van der Waals surface area contributed by atoms with Crippen LogP contribution < -0.4 is 9.62 Å². The Balaban J connectivity index is 1.88. The summed E-state index contributed by atoms with van der Waals surface area (Å²) in [6, 6.07) is 11.7. The maximum atomic E-state index is 13.2. The van der Waals surface area contributed by atoms with Crippen molar-refractivity contribution in [1.82, 2.24) is 5.32 Å². The van der Waals surface area contributed by atoms with Crippen LogP contribution >= 0.6 is 0 Å². The number of nitrogens with zero attached hydrogens (tertiary/aromatic N) is 1. The number of hydrogen-bond donors (Lipinski definition) is 3. The Morgan fingerprint density at radius 1 is 1.25 bits per heavy atom. The molecule has 1 fully saturated rings. The van der Waals surface area contributed by atoms with E-state index in [1.807, 2.05) is 13.0 Å². The number of carbonyl (C=O) groups is 1. The van der Waals surface area contributed by atoms with Gasteiger partial charge in [0.15, 0.2) is 22.5 Å². The fourth-order valence-electron chi connectivity index (χ4n) is 2.82. The lowest BCUT2D eigenvalue weighted by Gasteiger charge is -2.26. The molecule has 2 aromatic carbocycles. The van der Waals surface area contributed by atoms with E-state index in [1.165, 1.54) is 18.2 Å². The van der Waals surface area contributed by atoms with Gasteiger partial charge in [0.1, 0.15) is 0 Å². The molecule has 1 saturated carbocycles. The van der Waals surface area contributed by atoms with E-state index in [0.717, 1.165) is 12.8 Å². The average molecular weight is 401 g/mol. The zero-order valence-electron chi connectivity index (χ0n) is 15.7. The molecule has 1 atom stereocenters. The van der Waals surface area contributed by atoms with Gasteiger partial charge in [0.2, 0.25) is 5.91 Å². The first-order chi connectivity index (χ1) is 13.4. The monoisotopic (exact) mass is 400 g/mol. The van der Waals surface area contributed by atoms with Crippen LogP contribution in [0.5, 0.6) is 11.5 Å². The van der Waals surface area contributed by atoms with Gasteiger partial charge in [-0.1, -0.05) is 37.8 Å². The third-order valence-electron chi connectivity index (χ3n) is 4.91. The maximum Gasteiger partial charge on any atom is 0.225 e. The Hall–Kier alpha value is -2.80. The third kappa shape index (κ3) is 4.20. The van der Waals surface area contributed by atoms with Gasteiger partial charge in [0.05, 0.1) is 10.6 Å². The molecule has 1 aliphatic rings. The number of benzene rings is 2. The van der Waals surface area contributed by atoms with E-state index < -0.39 is 11.0 Å². The minimum Gasteiger partial charge on any atom is -0.504 e. The standard InChI is InChI=1S/C21H24N2O4S/c1-3-15-13-18(24)19(25)14-17(15)23(28(27)16-7-5-4-6-8-16)12-11-22-20(26)21(2)9-10-21/h3-8,13-14,24-25H,1,9-12H2,2H3,(H,22,26). The highest BCUT2D eigenvalue weighted by Crippen LogP contribution is 2.45. The van der Waals surface area contributed by atoms with Gasteiger partial charge >= 0.3 is 0 Å². The zero-order chi connectivity index (χ0) is 20.3. The normalized spacial score (nSPS) is 15.5. The molecule has 0 heterocycles. The quantitative estimate of drug-likeness (QED) is 0.594. The van der Waals surface area contributed by atoms with Crippen LogP contribution in [0.4, 0.5) is 5.69 Å².